The lowest BCUT2D eigenvalue weighted by Crippen LogP contribution is -2.48. The molecular weight excluding hydrogens is 413 g/mol. The Labute approximate surface area is 187 Å². The fourth-order valence-corrected chi connectivity index (χ4v) is 2.94. The maximum absolute atomic E-state index is 13.1. The van der Waals surface area contributed by atoms with Gasteiger partial charge in [0.05, 0.1) is 12.8 Å². The highest BCUT2D eigenvalue weighted by atomic mass is 19.1. The van der Waals surface area contributed by atoms with E-state index in [1.54, 1.807) is 39.0 Å². The minimum Gasteiger partial charge on any atom is -0.504 e. The Hall–Kier alpha value is -3.68. The minimum absolute atomic E-state index is 0.0383. The van der Waals surface area contributed by atoms with Crippen LogP contribution in [-0.4, -0.2) is 35.8 Å². The van der Waals surface area contributed by atoms with Gasteiger partial charge in [0.15, 0.2) is 11.5 Å². The van der Waals surface area contributed by atoms with E-state index in [0.717, 1.165) is 0 Å². The van der Waals surface area contributed by atoms with Crippen molar-refractivity contribution in [2.75, 3.05) is 6.61 Å². The first-order valence-electron chi connectivity index (χ1n) is 10.3. The van der Waals surface area contributed by atoms with Crippen molar-refractivity contribution in [2.24, 2.45) is 11.0 Å². The molecule has 0 aliphatic rings. The summed E-state index contributed by atoms with van der Waals surface area (Å²) in [6.45, 7) is 9.43. The predicted molar refractivity (Wildman–Crippen MR) is 121 cm³/mol. The molecule has 2 rings (SSSR count). The number of hydrogen-bond donors (Lipinski definition) is 3. The van der Waals surface area contributed by atoms with E-state index < -0.39 is 23.7 Å². The molecule has 2 aromatic rings. The maximum atomic E-state index is 13.1. The average molecular weight is 442 g/mol. The molecule has 0 bridgehead atoms. The topological polar surface area (TPSA) is 100 Å². The van der Waals surface area contributed by atoms with E-state index in [-0.39, 0.29) is 17.2 Å². The molecule has 0 saturated carbocycles. The van der Waals surface area contributed by atoms with Crippen LogP contribution in [0.25, 0.3) is 0 Å². The average Bonchev–Trinajstić information content (AvgIpc) is 2.75. The quantitative estimate of drug-likeness (QED) is 0.298. The molecule has 0 aliphatic carbocycles. The Morgan fingerprint density at radius 3 is 2.53 bits per heavy atom. The van der Waals surface area contributed by atoms with Gasteiger partial charge in [0.2, 0.25) is 0 Å². The third-order valence-corrected chi connectivity index (χ3v) is 4.57. The van der Waals surface area contributed by atoms with E-state index >= 15 is 0 Å². The lowest BCUT2D eigenvalue weighted by Gasteiger charge is -2.20. The molecule has 3 N–H and O–H groups in total. The predicted octanol–water partition coefficient (Wildman–Crippen LogP) is 3.56. The van der Waals surface area contributed by atoms with Crippen LogP contribution in [0.5, 0.6) is 11.5 Å². The molecule has 0 aromatic heterocycles. The lowest BCUT2D eigenvalue weighted by molar-refractivity contribution is -0.123. The van der Waals surface area contributed by atoms with Gasteiger partial charge in [0.1, 0.15) is 11.9 Å². The summed E-state index contributed by atoms with van der Waals surface area (Å²) in [7, 11) is 0. The number of benzene rings is 2. The molecule has 0 heterocycles. The highest BCUT2D eigenvalue weighted by molar-refractivity contribution is 5.97. The normalized spacial score (nSPS) is 11.9. The zero-order valence-corrected chi connectivity index (χ0v) is 18.4. The standard InChI is InChI=1S/C24H28FN3O4/c1-5-7-18-12-16(13-20(22(18)29)32-6-2)14-26-28-24(31)21(15(3)4)27-23(30)17-8-10-19(25)11-9-17/h5,8-15,21,29H,1,6-7H2,2-4H3,(H,27,30)(H,28,31)/b26-14+. The first kappa shape index (κ1) is 24.6. The number of ether oxygens (including phenoxy) is 1. The van der Waals surface area contributed by atoms with Gasteiger partial charge >= 0.3 is 0 Å². The summed E-state index contributed by atoms with van der Waals surface area (Å²) in [5, 5.41) is 16.9. The van der Waals surface area contributed by atoms with Gasteiger partial charge in [-0.2, -0.15) is 5.10 Å². The van der Waals surface area contributed by atoms with Crippen molar-refractivity contribution in [1.29, 1.82) is 0 Å². The summed E-state index contributed by atoms with van der Waals surface area (Å²) in [6, 6.07) is 7.53. The van der Waals surface area contributed by atoms with Gasteiger partial charge in [-0.25, -0.2) is 9.82 Å². The summed E-state index contributed by atoms with van der Waals surface area (Å²) in [6.07, 6.45) is 3.51. The van der Waals surface area contributed by atoms with Crippen LogP contribution in [0.1, 0.15) is 42.3 Å². The second-order valence-electron chi connectivity index (χ2n) is 7.39. The number of allylic oxidation sites excluding steroid dienone is 1. The fourth-order valence-electron chi connectivity index (χ4n) is 2.94. The van der Waals surface area contributed by atoms with Crippen molar-refractivity contribution in [2.45, 2.75) is 33.2 Å². The van der Waals surface area contributed by atoms with Crippen LogP contribution >= 0.6 is 0 Å². The van der Waals surface area contributed by atoms with Crippen molar-refractivity contribution < 1.29 is 23.8 Å². The van der Waals surface area contributed by atoms with E-state index in [1.165, 1.54) is 30.5 Å². The molecule has 0 saturated heterocycles. The number of carbonyl (C=O) groups excluding carboxylic acids is 2. The Balaban J connectivity index is 2.11. The van der Waals surface area contributed by atoms with Gasteiger partial charge in [-0.05, 0) is 61.2 Å². The number of halogens is 1. The number of hydrazone groups is 1. The molecule has 0 radical (unpaired) electrons. The smallest absolute Gasteiger partial charge is 0.262 e. The summed E-state index contributed by atoms with van der Waals surface area (Å²) in [5.41, 5.74) is 3.90. The van der Waals surface area contributed by atoms with Crippen LogP contribution in [0.2, 0.25) is 0 Å². The first-order valence-corrected chi connectivity index (χ1v) is 10.3. The molecule has 0 aliphatic heterocycles. The molecule has 1 atom stereocenters. The van der Waals surface area contributed by atoms with Gasteiger partial charge in [-0.15, -0.1) is 6.58 Å². The molecular formula is C24H28FN3O4. The number of phenols is 1. The van der Waals surface area contributed by atoms with Gasteiger partial charge < -0.3 is 15.2 Å². The minimum atomic E-state index is -0.847. The Morgan fingerprint density at radius 1 is 1.25 bits per heavy atom. The highest BCUT2D eigenvalue weighted by Gasteiger charge is 2.24. The van der Waals surface area contributed by atoms with Crippen molar-refractivity contribution >= 4 is 18.0 Å². The number of carbonyl (C=O) groups is 2. The molecule has 0 fully saturated rings. The Bertz CT molecular complexity index is 987. The zero-order chi connectivity index (χ0) is 23.7. The number of aromatic hydroxyl groups is 1. The van der Waals surface area contributed by atoms with Gasteiger partial charge in [-0.1, -0.05) is 19.9 Å². The molecule has 8 heteroatoms. The van der Waals surface area contributed by atoms with Crippen LogP contribution in [0.15, 0.2) is 54.2 Å². The number of nitrogens with zero attached hydrogens (tertiary/aromatic N) is 1. The molecule has 0 spiro atoms. The highest BCUT2D eigenvalue weighted by Crippen LogP contribution is 2.31. The second-order valence-corrected chi connectivity index (χ2v) is 7.39. The van der Waals surface area contributed by atoms with E-state index in [1.807, 2.05) is 0 Å². The van der Waals surface area contributed by atoms with Crippen molar-refractivity contribution in [3.63, 3.8) is 0 Å². The summed E-state index contributed by atoms with van der Waals surface area (Å²) in [5.74, 6) is -1.31. The number of nitrogens with one attached hydrogen (secondary N) is 2. The number of phenolic OH excluding ortho intramolecular Hbond substituents is 1. The molecule has 2 aromatic carbocycles. The van der Waals surface area contributed by atoms with Crippen molar-refractivity contribution in [3.8, 4) is 11.5 Å². The van der Waals surface area contributed by atoms with Gasteiger partial charge in [0, 0.05) is 11.1 Å². The summed E-state index contributed by atoms with van der Waals surface area (Å²) >= 11 is 0. The van der Waals surface area contributed by atoms with Crippen LogP contribution in [0.3, 0.4) is 0 Å². The number of amides is 2. The monoisotopic (exact) mass is 441 g/mol. The van der Waals surface area contributed by atoms with E-state index in [4.69, 9.17) is 4.74 Å². The zero-order valence-electron chi connectivity index (χ0n) is 18.4. The second kappa shape index (κ2) is 11.6. The van der Waals surface area contributed by atoms with Gasteiger partial charge in [0.25, 0.3) is 11.8 Å². The molecule has 7 nitrogen and oxygen atoms in total. The molecule has 32 heavy (non-hydrogen) atoms. The van der Waals surface area contributed by atoms with Crippen LogP contribution in [0, 0.1) is 11.7 Å². The maximum Gasteiger partial charge on any atom is 0.262 e. The van der Waals surface area contributed by atoms with E-state index in [0.29, 0.717) is 29.9 Å². The Kier molecular flexibility index (Phi) is 8.95. The Morgan fingerprint density at radius 2 is 1.94 bits per heavy atom. The van der Waals surface area contributed by atoms with E-state index in [9.17, 15) is 19.1 Å². The summed E-state index contributed by atoms with van der Waals surface area (Å²) < 4.78 is 18.5. The largest absolute Gasteiger partial charge is 0.504 e. The third kappa shape index (κ3) is 6.66. The van der Waals surface area contributed by atoms with Crippen LogP contribution in [-0.2, 0) is 11.2 Å². The van der Waals surface area contributed by atoms with E-state index in [2.05, 4.69) is 22.4 Å². The number of hydrogen-bond acceptors (Lipinski definition) is 5. The first-order chi connectivity index (χ1) is 15.3. The molecule has 1 unspecified atom stereocenters. The molecule has 170 valence electrons. The fraction of sp³-hybridized carbons (Fsp3) is 0.292. The van der Waals surface area contributed by atoms with Crippen LogP contribution in [0.4, 0.5) is 4.39 Å². The summed E-state index contributed by atoms with van der Waals surface area (Å²) in [4.78, 5) is 25.0. The van der Waals surface area contributed by atoms with Crippen molar-refractivity contribution in [3.05, 3.63) is 71.6 Å². The van der Waals surface area contributed by atoms with Crippen LogP contribution < -0.4 is 15.5 Å². The van der Waals surface area contributed by atoms with Crippen molar-refractivity contribution in [1.82, 2.24) is 10.7 Å². The molecule has 2 amide bonds. The number of rotatable bonds is 10. The SMILES string of the molecule is C=CCc1cc(/C=N/NC(=O)C(NC(=O)c2ccc(F)cc2)C(C)C)cc(OCC)c1O. The third-order valence-electron chi connectivity index (χ3n) is 4.57. The lowest BCUT2D eigenvalue weighted by atomic mass is 10.0. The van der Waals surface area contributed by atoms with Gasteiger partial charge in [-0.3, -0.25) is 9.59 Å².